The standard InChI is InChI=1S/C31H38N2O7/c1-20(23-6-8-26-24(17-23)11-13-39-26)32(18-21-3-5-25(15-21)31(36)37)19-22-4-7-27(28(16-22)38-2)40-14-12-33-29(34)9-10-30(33)35/h4,6-8,16-17,20-21,25H,3,5,9-15,18-19H2,1-2H3,(H,36,37)/t20?,21?,25-/m0/s1. The van der Waals surface area contributed by atoms with E-state index in [2.05, 4.69) is 30.0 Å². The van der Waals surface area contributed by atoms with Gasteiger partial charge in [-0.25, -0.2) is 0 Å². The number of amides is 2. The van der Waals surface area contributed by atoms with Gasteiger partial charge in [-0.2, -0.15) is 0 Å². The Morgan fingerprint density at radius 2 is 1.90 bits per heavy atom. The minimum atomic E-state index is -0.695. The van der Waals surface area contributed by atoms with Gasteiger partial charge in [0, 0.05) is 38.4 Å². The fourth-order valence-corrected chi connectivity index (χ4v) is 6.12. The Morgan fingerprint density at radius 3 is 2.62 bits per heavy atom. The summed E-state index contributed by atoms with van der Waals surface area (Å²) in [5, 5.41) is 9.52. The molecule has 2 aromatic rings. The maximum Gasteiger partial charge on any atom is 0.306 e. The van der Waals surface area contributed by atoms with Gasteiger partial charge in [-0.3, -0.25) is 24.2 Å². The zero-order valence-corrected chi connectivity index (χ0v) is 23.3. The van der Waals surface area contributed by atoms with Gasteiger partial charge in [-0.15, -0.1) is 0 Å². The number of likely N-dealkylation sites (tertiary alicyclic amines) is 1. The van der Waals surface area contributed by atoms with Gasteiger partial charge in [0.15, 0.2) is 11.5 Å². The largest absolute Gasteiger partial charge is 0.493 e. The number of hydrogen-bond acceptors (Lipinski definition) is 7. The van der Waals surface area contributed by atoms with E-state index in [4.69, 9.17) is 14.2 Å². The third-order valence-electron chi connectivity index (χ3n) is 8.47. The minimum absolute atomic E-state index is 0.118. The van der Waals surface area contributed by atoms with E-state index in [1.165, 1.54) is 16.0 Å². The number of aliphatic carboxylic acids is 1. The van der Waals surface area contributed by atoms with Crippen LogP contribution in [0.25, 0.3) is 0 Å². The molecule has 1 aliphatic carbocycles. The van der Waals surface area contributed by atoms with Crippen LogP contribution in [0.5, 0.6) is 17.2 Å². The number of nitrogens with zero attached hydrogens (tertiary/aromatic N) is 2. The molecule has 3 atom stereocenters. The van der Waals surface area contributed by atoms with Gasteiger partial charge in [0.2, 0.25) is 11.8 Å². The highest BCUT2D eigenvalue weighted by atomic mass is 16.5. The molecule has 3 aliphatic rings. The van der Waals surface area contributed by atoms with E-state index < -0.39 is 5.97 Å². The molecule has 0 spiro atoms. The van der Waals surface area contributed by atoms with Gasteiger partial charge < -0.3 is 19.3 Å². The van der Waals surface area contributed by atoms with Crippen LogP contribution in [0.3, 0.4) is 0 Å². The zero-order chi connectivity index (χ0) is 28.2. The Hall–Kier alpha value is -3.59. The smallest absolute Gasteiger partial charge is 0.306 e. The van der Waals surface area contributed by atoms with E-state index >= 15 is 0 Å². The molecule has 9 nitrogen and oxygen atoms in total. The Bertz CT molecular complexity index is 1250. The third kappa shape index (κ3) is 6.25. The Balaban J connectivity index is 1.30. The van der Waals surface area contributed by atoms with Crippen LogP contribution in [0.2, 0.25) is 0 Å². The molecule has 1 saturated carbocycles. The second-order valence-corrected chi connectivity index (χ2v) is 11.1. The number of carbonyl (C=O) groups is 3. The van der Waals surface area contributed by atoms with Crippen molar-refractivity contribution in [3.05, 3.63) is 53.1 Å². The molecule has 1 saturated heterocycles. The number of imide groups is 1. The van der Waals surface area contributed by atoms with Crippen LogP contribution < -0.4 is 14.2 Å². The number of ether oxygens (including phenoxy) is 3. The van der Waals surface area contributed by atoms with Crippen LogP contribution in [-0.2, 0) is 27.3 Å². The first-order chi connectivity index (χ1) is 19.3. The van der Waals surface area contributed by atoms with Gasteiger partial charge >= 0.3 is 5.97 Å². The van der Waals surface area contributed by atoms with Crippen LogP contribution in [-0.4, -0.2) is 66.1 Å². The van der Waals surface area contributed by atoms with Gasteiger partial charge in [0.05, 0.1) is 26.2 Å². The van der Waals surface area contributed by atoms with Crippen molar-refractivity contribution in [2.24, 2.45) is 11.8 Å². The highest BCUT2D eigenvalue weighted by molar-refractivity contribution is 6.01. The number of rotatable bonds is 12. The van der Waals surface area contributed by atoms with Crippen molar-refractivity contribution >= 4 is 17.8 Å². The minimum Gasteiger partial charge on any atom is -0.493 e. The van der Waals surface area contributed by atoms with Crippen LogP contribution in [0.4, 0.5) is 0 Å². The van der Waals surface area contributed by atoms with Crippen molar-refractivity contribution in [1.29, 1.82) is 0 Å². The van der Waals surface area contributed by atoms with Gasteiger partial charge in [0.25, 0.3) is 0 Å². The molecule has 2 unspecified atom stereocenters. The summed E-state index contributed by atoms with van der Waals surface area (Å²) in [6.07, 6.45) is 3.79. The monoisotopic (exact) mass is 550 g/mol. The average Bonchev–Trinajstić information content (AvgIpc) is 3.69. The number of carbonyl (C=O) groups excluding carboxylic acids is 2. The second kappa shape index (κ2) is 12.3. The number of fused-ring (bicyclic) bond motifs is 1. The number of methoxy groups -OCH3 is 1. The van der Waals surface area contributed by atoms with Crippen molar-refractivity contribution < 1.29 is 33.7 Å². The van der Waals surface area contributed by atoms with Crippen molar-refractivity contribution in [2.75, 3.05) is 33.4 Å². The summed E-state index contributed by atoms with van der Waals surface area (Å²) < 4.78 is 17.2. The van der Waals surface area contributed by atoms with E-state index in [0.29, 0.717) is 37.0 Å². The summed E-state index contributed by atoms with van der Waals surface area (Å²) in [5.41, 5.74) is 3.50. The van der Waals surface area contributed by atoms with E-state index in [1.807, 2.05) is 18.2 Å². The SMILES string of the molecule is COc1cc(CN(CC2CC[C@H](C(=O)O)C2)C(C)c2ccc3c(c2)CCO3)ccc1OCCN1C(=O)CCC1=O. The van der Waals surface area contributed by atoms with Crippen LogP contribution >= 0.6 is 0 Å². The van der Waals surface area contributed by atoms with Gasteiger partial charge in [-0.1, -0.05) is 18.2 Å². The first-order valence-electron chi connectivity index (χ1n) is 14.2. The van der Waals surface area contributed by atoms with Crippen LogP contribution in [0, 0.1) is 11.8 Å². The summed E-state index contributed by atoms with van der Waals surface area (Å²) in [7, 11) is 1.59. The van der Waals surface area contributed by atoms with Crippen molar-refractivity contribution in [3.63, 3.8) is 0 Å². The second-order valence-electron chi connectivity index (χ2n) is 11.1. The van der Waals surface area contributed by atoms with Gasteiger partial charge in [0.1, 0.15) is 12.4 Å². The average molecular weight is 551 g/mol. The summed E-state index contributed by atoms with van der Waals surface area (Å²) >= 11 is 0. The lowest BCUT2D eigenvalue weighted by Crippen LogP contribution is -2.33. The molecule has 5 rings (SSSR count). The van der Waals surface area contributed by atoms with Crippen LogP contribution in [0.15, 0.2) is 36.4 Å². The van der Waals surface area contributed by atoms with E-state index in [1.54, 1.807) is 7.11 Å². The quantitative estimate of drug-likeness (QED) is 0.392. The molecule has 1 N–H and O–H groups in total. The third-order valence-corrected chi connectivity index (χ3v) is 8.47. The zero-order valence-electron chi connectivity index (χ0n) is 23.3. The topological polar surface area (TPSA) is 106 Å². The number of carboxylic acids is 1. The van der Waals surface area contributed by atoms with E-state index in [-0.39, 0.29) is 49.8 Å². The maximum atomic E-state index is 11.9. The Labute approximate surface area is 235 Å². The predicted octanol–water partition coefficient (Wildman–Crippen LogP) is 4.22. The Morgan fingerprint density at radius 1 is 1.10 bits per heavy atom. The molecule has 2 aromatic carbocycles. The van der Waals surface area contributed by atoms with Crippen molar-refractivity contribution in [2.45, 2.75) is 58.0 Å². The molecule has 0 bridgehead atoms. The predicted molar refractivity (Wildman–Crippen MR) is 147 cm³/mol. The van der Waals surface area contributed by atoms with Gasteiger partial charge in [-0.05, 0) is 67.0 Å². The van der Waals surface area contributed by atoms with Crippen molar-refractivity contribution in [3.8, 4) is 17.2 Å². The van der Waals surface area contributed by atoms with E-state index in [9.17, 15) is 19.5 Å². The number of benzene rings is 2. The molecule has 2 aliphatic heterocycles. The normalized spacial score (nSPS) is 21.0. The Kier molecular flexibility index (Phi) is 8.59. The summed E-state index contributed by atoms with van der Waals surface area (Å²) in [5.74, 6) is 1.16. The van der Waals surface area contributed by atoms with Crippen LogP contribution in [0.1, 0.15) is 61.8 Å². The lowest BCUT2D eigenvalue weighted by Gasteiger charge is -2.32. The number of hydrogen-bond donors (Lipinski definition) is 1. The molecule has 214 valence electrons. The first kappa shape index (κ1) is 28.0. The molecule has 9 heteroatoms. The lowest BCUT2D eigenvalue weighted by molar-refractivity contribution is -0.142. The summed E-state index contributed by atoms with van der Waals surface area (Å²) in [6, 6.07) is 12.4. The molecule has 2 amide bonds. The fraction of sp³-hybridized carbons (Fsp3) is 0.516. The molecule has 2 fully saturated rings. The molecule has 40 heavy (non-hydrogen) atoms. The summed E-state index contributed by atoms with van der Waals surface area (Å²) in [6.45, 7) is 4.81. The number of carboxylic acid groups (broad SMARTS) is 1. The molecule has 0 radical (unpaired) electrons. The first-order valence-corrected chi connectivity index (χ1v) is 14.2. The lowest BCUT2D eigenvalue weighted by atomic mass is 9.99. The van der Waals surface area contributed by atoms with E-state index in [0.717, 1.165) is 37.1 Å². The molecular weight excluding hydrogens is 512 g/mol. The molecular formula is C31H38N2O7. The summed E-state index contributed by atoms with van der Waals surface area (Å²) in [4.78, 5) is 39.0. The molecule has 0 aromatic heterocycles. The maximum absolute atomic E-state index is 11.9. The van der Waals surface area contributed by atoms with Crippen molar-refractivity contribution in [1.82, 2.24) is 9.80 Å². The highest BCUT2D eigenvalue weighted by Gasteiger charge is 2.32. The molecule has 2 heterocycles. The highest BCUT2D eigenvalue weighted by Crippen LogP contribution is 2.36. The fourth-order valence-electron chi connectivity index (χ4n) is 6.12.